The smallest absolute Gasteiger partial charge is 0.255 e. The molecule has 1 aliphatic rings. The summed E-state index contributed by atoms with van der Waals surface area (Å²) in [5.41, 5.74) is 3.36. The van der Waals surface area contributed by atoms with Gasteiger partial charge in [-0.3, -0.25) is 9.48 Å². The molecular formula is C26H32N4O2. The molecule has 1 fully saturated rings. The average molecular weight is 433 g/mol. The number of hydrogen-bond acceptors (Lipinski definition) is 4. The van der Waals surface area contributed by atoms with Crippen molar-refractivity contribution in [2.75, 3.05) is 26.7 Å². The highest BCUT2D eigenvalue weighted by molar-refractivity contribution is 6.00. The summed E-state index contributed by atoms with van der Waals surface area (Å²) in [7, 11) is 1.65. The van der Waals surface area contributed by atoms with Crippen LogP contribution in [0.15, 0.2) is 60.8 Å². The van der Waals surface area contributed by atoms with E-state index < -0.39 is 0 Å². The molecule has 6 nitrogen and oxygen atoms in total. The number of amides is 1. The number of nitrogens with one attached hydrogen (secondary N) is 1. The molecule has 0 radical (unpaired) electrons. The summed E-state index contributed by atoms with van der Waals surface area (Å²) in [5.74, 6) is 0.728. The molecule has 3 aromatic rings. The van der Waals surface area contributed by atoms with Gasteiger partial charge in [0.15, 0.2) is 0 Å². The fourth-order valence-electron chi connectivity index (χ4n) is 4.28. The van der Waals surface area contributed by atoms with E-state index in [1.807, 2.05) is 53.3 Å². The number of benzene rings is 2. The molecular weight excluding hydrogens is 400 g/mol. The minimum atomic E-state index is -0.0518. The van der Waals surface area contributed by atoms with Gasteiger partial charge in [0.05, 0.1) is 19.2 Å². The number of ether oxygens (including phenoxy) is 1. The first kappa shape index (κ1) is 22.1. The van der Waals surface area contributed by atoms with Crippen LogP contribution in [0.25, 0.3) is 11.3 Å². The molecule has 1 aliphatic heterocycles. The third-order valence-corrected chi connectivity index (χ3v) is 6.02. The van der Waals surface area contributed by atoms with Crippen LogP contribution in [0.3, 0.4) is 0 Å². The lowest BCUT2D eigenvalue weighted by atomic mass is 10.0. The Kier molecular flexibility index (Phi) is 7.22. The molecule has 1 aromatic heterocycles. The van der Waals surface area contributed by atoms with Gasteiger partial charge in [-0.05, 0) is 55.6 Å². The number of piperidine rings is 1. The largest absolute Gasteiger partial charge is 0.497 e. The first-order valence-electron chi connectivity index (χ1n) is 11.4. The van der Waals surface area contributed by atoms with Gasteiger partial charge in [0.1, 0.15) is 11.4 Å². The molecule has 0 atom stereocenters. The maximum Gasteiger partial charge on any atom is 0.255 e. The molecule has 1 N–H and O–H groups in total. The number of nitrogens with zero attached hydrogens (tertiary/aromatic N) is 3. The molecule has 2 aromatic carbocycles. The molecule has 6 heteroatoms. The summed E-state index contributed by atoms with van der Waals surface area (Å²) in [5, 5.41) is 8.05. The van der Waals surface area contributed by atoms with Gasteiger partial charge in [0, 0.05) is 30.9 Å². The number of carbonyl (C=O) groups excluding carboxylic acids is 1. The number of methoxy groups -OCH3 is 1. The Labute approximate surface area is 190 Å². The minimum Gasteiger partial charge on any atom is -0.497 e. The highest BCUT2D eigenvalue weighted by atomic mass is 16.5. The third-order valence-electron chi connectivity index (χ3n) is 6.02. The predicted octanol–water partition coefficient (Wildman–Crippen LogP) is 4.21. The summed E-state index contributed by atoms with van der Waals surface area (Å²) >= 11 is 0. The fraction of sp³-hybridized carbons (Fsp3) is 0.385. The van der Waals surface area contributed by atoms with Crippen LogP contribution in [-0.4, -0.2) is 53.4 Å². The van der Waals surface area contributed by atoms with E-state index in [-0.39, 0.29) is 11.9 Å². The van der Waals surface area contributed by atoms with Crippen LogP contribution in [0.2, 0.25) is 0 Å². The van der Waals surface area contributed by atoms with Crippen molar-refractivity contribution in [3.8, 4) is 17.0 Å². The Morgan fingerprint density at radius 3 is 2.47 bits per heavy atom. The normalized spacial score (nSPS) is 14.9. The van der Waals surface area contributed by atoms with Gasteiger partial charge in [-0.2, -0.15) is 5.10 Å². The molecule has 2 heterocycles. The van der Waals surface area contributed by atoms with E-state index in [4.69, 9.17) is 9.84 Å². The molecule has 0 spiro atoms. The summed E-state index contributed by atoms with van der Waals surface area (Å²) in [6.45, 7) is 6.04. The van der Waals surface area contributed by atoms with Crippen molar-refractivity contribution >= 4 is 5.91 Å². The van der Waals surface area contributed by atoms with Crippen molar-refractivity contribution in [1.82, 2.24) is 20.0 Å². The number of aromatic nitrogens is 2. The second-order valence-electron chi connectivity index (χ2n) is 8.39. The van der Waals surface area contributed by atoms with E-state index in [9.17, 15) is 4.79 Å². The number of carbonyl (C=O) groups is 1. The van der Waals surface area contributed by atoms with Crippen molar-refractivity contribution in [2.24, 2.45) is 0 Å². The molecule has 1 amide bonds. The monoisotopic (exact) mass is 432 g/mol. The summed E-state index contributed by atoms with van der Waals surface area (Å²) in [4.78, 5) is 15.8. The highest BCUT2D eigenvalue weighted by Crippen LogP contribution is 2.25. The summed E-state index contributed by atoms with van der Waals surface area (Å²) in [6, 6.07) is 18.1. The van der Waals surface area contributed by atoms with E-state index in [2.05, 4.69) is 29.3 Å². The zero-order valence-corrected chi connectivity index (χ0v) is 19.0. The first-order chi connectivity index (χ1) is 15.7. The van der Waals surface area contributed by atoms with Crippen molar-refractivity contribution < 1.29 is 9.53 Å². The summed E-state index contributed by atoms with van der Waals surface area (Å²) < 4.78 is 7.14. The van der Waals surface area contributed by atoms with Crippen molar-refractivity contribution in [1.29, 1.82) is 0 Å². The Bertz CT molecular complexity index is 1010. The molecule has 0 unspecified atom stereocenters. The van der Waals surface area contributed by atoms with Gasteiger partial charge in [-0.15, -0.1) is 0 Å². The van der Waals surface area contributed by atoms with Crippen LogP contribution in [0, 0.1) is 0 Å². The van der Waals surface area contributed by atoms with Gasteiger partial charge < -0.3 is 15.0 Å². The first-order valence-corrected chi connectivity index (χ1v) is 11.4. The second kappa shape index (κ2) is 10.5. The molecule has 0 aliphatic carbocycles. The van der Waals surface area contributed by atoms with Gasteiger partial charge in [-0.1, -0.05) is 37.3 Å². The van der Waals surface area contributed by atoms with Crippen LogP contribution in [0.5, 0.6) is 5.75 Å². The van der Waals surface area contributed by atoms with Gasteiger partial charge in [-0.25, -0.2) is 0 Å². The molecule has 168 valence electrons. The Balaban J connectivity index is 1.55. The molecule has 0 bridgehead atoms. The maximum atomic E-state index is 13.3. The molecule has 4 rings (SSSR count). The van der Waals surface area contributed by atoms with Crippen LogP contribution in [-0.2, 0) is 6.54 Å². The molecule has 32 heavy (non-hydrogen) atoms. The number of likely N-dealkylation sites (tertiary alicyclic amines) is 1. The van der Waals surface area contributed by atoms with Gasteiger partial charge >= 0.3 is 0 Å². The fourth-order valence-corrected chi connectivity index (χ4v) is 4.28. The van der Waals surface area contributed by atoms with E-state index in [0.29, 0.717) is 17.8 Å². The predicted molar refractivity (Wildman–Crippen MR) is 127 cm³/mol. The van der Waals surface area contributed by atoms with Crippen LogP contribution < -0.4 is 10.1 Å². The Morgan fingerprint density at radius 2 is 1.81 bits per heavy atom. The minimum absolute atomic E-state index is 0.0518. The van der Waals surface area contributed by atoms with Crippen LogP contribution in [0.4, 0.5) is 0 Å². The lowest BCUT2D eigenvalue weighted by Crippen LogP contribution is -2.44. The average Bonchev–Trinajstić information content (AvgIpc) is 3.25. The lowest BCUT2D eigenvalue weighted by Gasteiger charge is -2.32. The third kappa shape index (κ3) is 5.37. The van der Waals surface area contributed by atoms with Crippen LogP contribution >= 0.6 is 0 Å². The number of rotatable bonds is 8. The highest BCUT2D eigenvalue weighted by Gasteiger charge is 2.24. The van der Waals surface area contributed by atoms with E-state index in [1.54, 1.807) is 7.11 Å². The topological polar surface area (TPSA) is 59.4 Å². The van der Waals surface area contributed by atoms with Crippen molar-refractivity contribution in [3.63, 3.8) is 0 Å². The summed E-state index contributed by atoms with van der Waals surface area (Å²) in [6.07, 6.45) is 5.01. The zero-order valence-electron chi connectivity index (χ0n) is 19.0. The van der Waals surface area contributed by atoms with Crippen molar-refractivity contribution in [2.45, 2.75) is 38.8 Å². The van der Waals surface area contributed by atoms with E-state index >= 15 is 0 Å². The van der Waals surface area contributed by atoms with E-state index in [0.717, 1.165) is 49.4 Å². The standard InChI is InChI=1S/C26H32N4O2/c1-3-15-29-16-13-22(14-17-29)27-26(31)24-19-30(18-20-7-5-4-6-8-20)28-25(24)21-9-11-23(32-2)12-10-21/h4-12,19,22H,3,13-18H2,1-2H3,(H,27,31). The lowest BCUT2D eigenvalue weighted by molar-refractivity contribution is 0.0911. The van der Waals surface area contributed by atoms with Gasteiger partial charge in [0.25, 0.3) is 5.91 Å². The second-order valence-corrected chi connectivity index (χ2v) is 8.39. The van der Waals surface area contributed by atoms with E-state index in [1.165, 1.54) is 6.42 Å². The quantitative estimate of drug-likeness (QED) is 0.579. The van der Waals surface area contributed by atoms with Crippen LogP contribution in [0.1, 0.15) is 42.1 Å². The number of hydrogen-bond donors (Lipinski definition) is 1. The Hall–Kier alpha value is -3.12. The maximum absolute atomic E-state index is 13.3. The zero-order chi connectivity index (χ0) is 22.3. The van der Waals surface area contributed by atoms with Gasteiger partial charge in [0.2, 0.25) is 0 Å². The SMILES string of the molecule is CCCN1CCC(NC(=O)c2cn(Cc3ccccc3)nc2-c2ccc(OC)cc2)CC1. The Morgan fingerprint density at radius 1 is 1.09 bits per heavy atom. The molecule has 0 saturated carbocycles. The molecule has 1 saturated heterocycles. The van der Waals surface area contributed by atoms with Crippen molar-refractivity contribution in [3.05, 3.63) is 71.9 Å².